The highest BCUT2D eigenvalue weighted by Gasteiger charge is 3.03. The molecule has 0 amide bonds. The number of nitrogens with zero attached hydrogens (tertiary/aromatic N) is 2. The molecule has 0 unspecified atom stereocenters. The van der Waals surface area contributed by atoms with Crippen molar-refractivity contribution in [3.8, 4) is 12.1 Å². The zero-order valence-corrected chi connectivity index (χ0v) is 14.7. The molecule has 1 aliphatic carbocycles. The highest BCUT2D eigenvalue weighted by molar-refractivity contribution is 8.00. The third kappa shape index (κ3) is 1.26. The number of nitrogens with one attached hydrogen (secondary N) is 1. The Labute approximate surface area is 149 Å². The summed E-state index contributed by atoms with van der Waals surface area (Å²) in [7, 11) is 0. The number of hydrogen-bond donors (Lipinski definition) is 2. The summed E-state index contributed by atoms with van der Waals surface area (Å²) in [5.41, 5.74) is 4.20. The predicted octanol–water partition coefficient (Wildman–Crippen LogP) is 0.890. The van der Waals surface area contributed by atoms with Crippen molar-refractivity contribution in [2.24, 2.45) is 16.6 Å². The minimum atomic E-state index is -1.13. The third-order valence-electron chi connectivity index (χ3n) is 5.85. The average Bonchev–Trinajstić information content (AvgIpc) is 2.79. The Morgan fingerprint density at radius 3 is 2.75 bits per heavy atom. The number of thioether (sulfide) groups is 1. The summed E-state index contributed by atoms with van der Waals surface area (Å²) in [6.45, 7) is 2.50. The molecule has 5 nitrogen and oxygen atoms in total. The number of halogens is 1. The molecule has 0 aromatic heterocycles. The second-order valence-electron chi connectivity index (χ2n) is 6.35. The van der Waals surface area contributed by atoms with Crippen molar-refractivity contribution in [3.05, 3.63) is 34.9 Å². The minimum Gasteiger partial charge on any atom is -0.327 e. The van der Waals surface area contributed by atoms with Gasteiger partial charge in [0.1, 0.15) is 0 Å². The van der Waals surface area contributed by atoms with Gasteiger partial charge in [-0.15, -0.1) is 0 Å². The fourth-order valence-electron chi connectivity index (χ4n) is 5.07. The fourth-order valence-corrected chi connectivity index (χ4v) is 6.65. The van der Waals surface area contributed by atoms with Crippen LogP contribution in [0.25, 0.3) is 0 Å². The first kappa shape index (κ1) is 15.8. The molecule has 1 saturated carbocycles. The van der Waals surface area contributed by atoms with Gasteiger partial charge in [-0.2, -0.15) is 10.5 Å². The van der Waals surface area contributed by atoms with Crippen molar-refractivity contribution >= 4 is 29.2 Å². The minimum absolute atomic E-state index is 0.322. The van der Waals surface area contributed by atoms with Crippen LogP contribution in [0.5, 0.6) is 0 Å². The lowest BCUT2D eigenvalue weighted by atomic mass is 9.81. The Bertz CT molecular complexity index is 853. The normalized spacial score (nSPS) is 42.2. The van der Waals surface area contributed by atoms with Gasteiger partial charge in [-0.05, 0) is 24.1 Å². The third-order valence-corrected chi connectivity index (χ3v) is 7.39. The van der Waals surface area contributed by atoms with Gasteiger partial charge in [0, 0.05) is 10.8 Å². The van der Waals surface area contributed by atoms with Crippen LogP contribution < -0.4 is 10.7 Å². The maximum absolute atomic E-state index is 10.3. The first-order valence-electron chi connectivity index (χ1n) is 7.79. The molecule has 2 aliphatic heterocycles. The summed E-state index contributed by atoms with van der Waals surface area (Å²) < 4.78 is 6.00. The number of benzene rings is 1. The second kappa shape index (κ2) is 4.67. The summed E-state index contributed by atoms with van der Waals surface area (Å²) in [5.74, 6) is 1.07. The first-order valence-corrected chi connectivity index (χ1v) is 9.16. The SMILES string of the molecule is CC[C@]1(c2cccc(Cl)c2)[C@]2(C#N)C(N)=[NH+][C@@]3(OCCS3)[C@@]21C#N. The Morgan fingerprint density at radius 2 is 2.21 bits per heavy atom. The lowest BCUT2D eigenvalue weighted by Gasteiger charge is -2.29. The molecule has 1 spiro atoms. The maximum atomic E-state index is 10.3. The number of nitrogens with two attached hydrogens (primary N) is 1. The fraction of sp³-hybridized carbons (Fsp3) is 0.471. The lowest BCUT2D eigenvalue weighted by Crippen LogP contribution is -2.88. The molecule has 122 valence electrons. The van der Waals surface area contributed by atoms with E-state index in [0.29, 0.717) is 23.9 Å². The van der Waals surface area contributed by atoms with E-state index in [1.54, 1.807) is 6.07 Å². The topological polar surface area (TPSA) is 96.8 Å². The summed E-state index contributed by atoms with van der Waals surface area (Å²) in [4.78, 5) is 3.14. The van der Waals surface area contributed by atoms with Gasteiger partial charge in [-0.3, -0.25) is 5.73 Å². The number of nitriles is 2. The van der Waals surface area contributed by atoms with Gasteiger partial charge in [-0.25, -0.2) is 4.99 Å². The van der Waals surface area contributed by atoms with Crippen LogP contribution in [0.4, 0.5) is 0 Å². The van der Waals surface area contributed by atoms with Gasteiger partial charge in [0.2, 0.25) is 0 Å². The van der Waals surface area contributed by atoms with Crippen molar-refractivity contribution in [1.82, 2.24) is 0 Å². The zero-order chi connectivity index (χ0) is 17.2. The van der Waals surface area contributed by atoms with Gasteiger partial charge in [-0.1, -0.05) is 42.4 Å². The van der Waals surface area contributed by atoms with E-state index in [1.807, 2.05) is 25.1 Å². The molecular weight excluding hydrogens is 344 g/mol. The largest absolute Gasteiger partial charge is 0.327 e. The molecule has 24 heavy (non-hydrogen) atoms. The number of ether oxygens (including phenoxy) is 1. The molecule has 3 N–H and O–H groups in total. The molecular formula is C17H16ClN4OS+. The van der Waals surface area contributed by atoms with E-state index in [9.17, 15) is 10.5 Å². The standard InChI is InChI=1S/C17H15ClN4OS/c1-2-14(11-4-3-5-12(18)8-11)15(9-19)13(21)22-17(16(14,15)10-20)23-6-7-24-17/h3-5,8H,2,6-7H2,1H3,(H2,21,22)/p+1/t14-,15-,16+,17+/m0/s1. The number of hydrogen-bond acceptors (Lipinski definition) is 5. The second-order valence-corrected chi connectivity index (χ2v) is 8.05. The number of rotatable bonds is 2. The van der Waals surface area contributed by atoms with Gasteiger partial charge < -0.3 is 4.74 Å². The van der Waals surface area contributed by atoms with E-state index < -0.39 is 21.3 Å². The first-order chi connectivity index (χ1) is 11.5. The van der Waals surface area contributed by atoms with Crippen LogP contribution in [0, 0.1) is 33.5 Å². The molecule has 0 radical (unpaired) electrons. The van der Waals surface area contributed by atoms with Gasteiger partial charge in [0.15, 0.2) is 10.8 Å². The number of amidine groups is 1. The van der Waals surface area contributed by atoms with Crippen molar-refractivity contribution in [2.45, 2.75) is 23.8 Å². The van der Waals surface area contributed by atoms with Crippen LogP contribution in [0.15, 0.2) is 24.3 Å². The van der Waals surface area contributed by atoms with Crippen molar-refractivity contribution in [2.75, 3.05) is 12.4 Å². The molecule has 1 aromatic rings. The molecule has 0 bridgehead atoms. The van der Waals surface area contributed by atoms with Gasteiger partial charge >= 0.3 is 0 Å². The molecule has 2 heterocycles. The van der Waals surface area contributed by atoms with Crippen LogP contribution in [0.1, 0.15) is 18.9 Å². The summed E-state index contributed by atoms with van der Waals surface area (Å²) in [6.07, 6.45) is 0.586. The summed E-state index contributed by atoms with van der Waals surface area (Å²) in [5, 5.41) is 20.0. The quantitative estimate of drug-likeness (QED) is 0.817. The van der Waals surface area contributed by atoms with Crippen LogP contribution in [-0.2, 0) is 10.2 Å². The van der Waals surface area contributed by atoms with Crippen LogP contribution in [0.2, 0.25) is 5.02 Å². The van der Waals surface area contributed by atoms with E-state index in [0.717, 1.165) is 11.3 Å². The van der Waals surface area contributed by atoms with Gasteiger partial charge in [0.25, 0.3) is 10.9 Å². The molecule has 4 rings (SSSR count). The maximum Gasteiger partial charge on any atom is 0.278 e. The smallest absolute Gasteiger partial charge is 0.278 e. The molecule has 2 fully saturated rings. The monoisotopic (exact) mass is 359 g/mol. The van der Waals surface area contributed by atoms with E-state index in [2.05, 4.69) is 17.1 Å². The van der Waals surface area contributed by atoms with E-state index in [-0.39, 0.29) is 0 Å². The van der Waals surface area contributed by atoms with E-state index in [4.69, 9.17) is 22.1 Å². The van der Waals surface area contributed by atoms with E-state index in [1.165, 1.54) is 11.8 Å². The molecule has 7 heteroatoms. The predicted molar refractivity (Wildman–Crippen MR) is 90.8 cm³/mol. The van der Waals surface area contributed by atoms with Gasteiger partial charge in [0.05, 0.1) is 24.2 Å². The lowest BCUT2D eigenvalue weighted by molar-refractivity contribution is -0.584. The summed E-state index contributed by atoms with van der Waals surface area (Å²) in [6, 6.07) is 12.2. The molecule has 4 atom stereocenters. The Hall–Kier alpha value is -1.73. The Morgan fingerprint density at radius 1 is 1.42 bits per heavy atom. The van der Waals surface area contributed by atoms with Crippen molar-refractivity contribution < 1.29 is 9.73 Å². The molecule has 1 aromatic carbocycles. The average molecular weight is 360 g/mol. The van der Waals surface area contributed by atoms with E-state index >= 15 is 0 Å². The van der Waals surface area contributed by atoms with Crippen LogP contribution >= 0.6 is 23.4 Å². The Kier molecular flexibility index (Phi) is 3.07. The van der Waals surface area contributed by atoms with Crippen LogP contribution in [0.3, 0.4) is 0 Å². The highest BCUT2D eigenvalue weighted by Crippen LogP contribution is 2.85. The van der Waals surface area contributed by atoms with Crippen molar-refractivity contribution in [1.29, 1.82) is 10.5 Å². The highest BCUT2D eigenvalue weighted by atomic mass is 35.5. The molecule has 3 aliphatic rings. The zero-order valence-electron chi connectivity index (χ0n) is 13.1. The Balaban J connectivity index is 2.05. The molecule has 1 saturated heterocycles. The van der Waals surface area contributed by atoms with Crippen molar-refractivity contribution in [3.63, 3.8) is 0 Å². The van der Waals surface area contributed by atoms with Crippen LogP contribution in [-0.4, -0.2) is 23.3 Å². The number of fused-ring (bicyclic) bond motifs is 2. The summed E-state index contributed by atoms with van der Waals surface area (Å²) >= 11 is 7.72.